The Morgan fingerprint density at radius 3 is 2.47 bits per heavy atom. The maximum Gasteiger partial charge on any atom is 0.194 e. The van der Waals surface area contributed by atoms with Gasteiger partial charge in [-0.05, 0) is 19.1 Å². The summed E-state index contributed by atoms with van der Waals surface area (Å²) in [5.41, 5.74) is -0.558. The van der Waals surface area contributed by atoms with E-state index in [0.29, 0.717) is 6.61 Å². The van der Waals surface area contributed by atoms with Crippen LogP contribution in [0.1, 0.15) is 17.3 Å². The van der Waals surface area contributed by atoms with Crippen LogP contribution in [-0.2, 0) is 9.47 Å². The molecule has 1 aromatic rings. The SMILES string of the molecule is COCC(C)OCC(=O)c1c(F)cccc1F. The summed E-state index contributed by atoms with van der Waals surface area (Å²) in [4.78, 5) is 11.5. The normalized spacial score (nSPS) is 12.5. The zero-order chi connectivity index (χ0) is 12.8. The van der Waals surface area contributed by atoms with E-state index in [0.717, 1.165) is 12.1 Å². The molecule has 1 atom stereocenters. The van der Waals surface area contributed by atoms with Crippen molar-refractivity contribution >= 4 is 5.78 Å². The van der Waals surface area contributed by atoms with E-state index in [-0.39, 0.29) is 12.7 Å². The lowest BCUT2D eigenvalue weighted by molar-refractivity contribution is 0.0122. The number of Topliss-reactive ketones (excluding diaryl/α,β-unsaturated/α-hetero) is 1. The van der Waals surface area contributed by atoms with Crippen molar-refractivity contribution in [1.82, 2.24) is 0 Å². The quantitative estimate of drug-likeness (QED) is 0.720. The number of hydrogen-bond acceptors (Lipinski definition) is 3. The monoisotopic (exact) mass is 244 g/mol. The van der Waals surface area contributed by atoms with E-state index in [1.54, 1.807) is 6.92 Å². The van der Waals surface area contributed by atoms with Gasteiger partial charge in [0.25, 0.3) is 0 Å². The van der Waals surface area contributed by atoms with Crippen molar-refractivity contribution in [2.75, 3.05) is 20.3 Å². The summed E-state index contributed by atoms with van der Waals surface area (Å²) in [6.45, 7) is 1.64. The van der Waals surface area contributed by atoms with Crippen molar-refractivity contribution in [3.8, 4) is 0 Å². The number of carbonyl (C=O) groups excluding carboxylic acids is 1. The van der Waals surface area contributed by atoms with Gasteiger partial charge in [0.05, 0.1) is 18.3 Å². The van der Waals surface area contributed by atoms with Crippen molar-refractivity contribution < 1.29 is 23.0 Å². The fourth-order valence-electron chi connectivity index (χ4n) is 1.34. The first-order valence-corrected chi connectivity index (χ1v) is 5.14. The van der Waals surface area contributed by atoms with Crippen LogP contribution >= 0.6 is 0 Å². The van der Waals surface area contributed by atoms with Crippen LogP contribution < -0.4 is 0 Å². The van der Waals surface area contributed by atoms with Crippen molar-refractivity contribution in [1.29, 1.82) is 0 Å². The molecule has 0 heterocycles. The second-order valence-electron chi connectivity index (χ2n) is 3.60. The van der Waals surface area contributed by atoms with E-state index >= 15 is 0 Å². The van der Waals surface area contributed by atoms with Crippen molar-refractivity contribution in [3.63, 3.8) is 0 Å². The van der Waals surface area contributed by atoms with E-state index < -0.39 is 23.0 Å². The summed E-state index contributed by atoms with van der Waals surface area (Å²) in [6, 6.07) is 3.28. The molecule has 0 amide bonds. The van der Waals surface area contributed by atoms with Gasteiger partial charge in [0.2, 0.25) is 0 Å². The molecule has 0 fully saturated rings. The van der Waals surface area contributed by atoms with Crippen LogP contribution in [0.5, 0.6) is 0 Å². The summed E-state index contributed by atoms with van der Waals surface area (Å²) in [7, 11) is 1.50. The number of halogens is 2. The molecule has 0 aromatic heterocycles. The van der Waals surface area contributed by atoms with Gasteiger partial charge in [0, 0.05) is 7.11 Å². The molecule has 0 bridgehead atoms. The number of hydrogen-bond donors (Lipinski definition) is 0. The van der Waals surface area contributed by atoms with E-state index in [2.05, 4.69) is 0 Å². The zero-order valence-corrected chi connectivity index (χ0v) is 9.70. The van der Waals surface area contributed by atoms with Gasteiger partial charge in [-0.1, -0.05) is 6.07 Å². The summed E-state index contributed by atoms with van der Waals surface area (Å²) in [5.74, 6) is -2.47. The fraction of sp³-hybridized carbons (Fsp3) is 0.417. The third-order valence-corrected chi connectivity index (χ3v) is 2.14. The maximum atomic E-state index is 13.2. The van der Waals surface area contributed by atoms with Crippen LogP contribution in [0.25, 0.3) is 0 Å². The Morgan fingerprint density at radius 1 is 1.35 bits per heavy atom. The molecular weight excluding hydrogens is 230 g/mol. The fourth-order valence-corrected chi connectivity index (χ4v) is 1.34. The van der Waals surface area contributed by atoms with Gasteiger partial charge in [0.1, 0.15) is 18.2 Å². The maximum absolute atomic E-state index is 13.2. The second-order valence-corrected chi connectivity index (χ2v) is 3.60. The van der Waals surface area contributed by atoms with Gasteiger partial charge in [-0.15, -0.1) is 0 Å². The molecule has 1 rings (SSSR count). The zero-order valence-electron chi connectivity index (χ0n) is 9.70. The molecule has 0 aliphatic rings. The number of methoxy groups -OCH3 is 1. The largest absolute Gasteiger partial charge is 0.382 e. The number of benzene rings is 1. The number of carbonyl (C=O) groups is 1. The van der Waals surface area contributed by atoms with Crippen molar-refractivity contribution in [2.45, 2.75) is 13.0 Å². The standard InChI is InChI=1S/C12H14F2O3/c1-8(6-16-2)17-7-11(15)12-9(13)4-3-5-10(12)14/h3-5,8H,6-7H2,1-2H3. The van der Waals surface area contributed by atoms with Crippen LogP contribution in [0.15, 0.2) is 18.2 Å². The Hall–Kier alpha value is -1.33. The Bertz CT molecular complexity index is 373. The van der Waals surface area contributed by atoms with Crippen LogP contribution in [0.3, 0.4) is 0 Å². The molecule has 0 saturated heterocycles. The number of ether oxygens (including phenoxy) is 2. The first kappa shape index (κ1) is 13.7. The third kappa shape index (κ3) is 3.87. The van der Waals surface area contributed by atoms with Gasteiger partial charge >= 0.3 is 0 Å². The van der Waals surface area contributed by atoms with E-state index in [1.807, 2.05) is 0 Å². The van der Waals surface area contributed by atoms with E-state index in [4.69, 9.17) is 9.47 Å². The summed E-state index contributed by atoms with van der Waals surface area (Å²) in [6.07, 6.45) is -0.307. The van der Waals surface area contributed by atoms with Gasteiger partial charge < -0.3 is 9.47 Å². The highest BCUT2D eigenvalue weighted by Crippen LogP contribution is 2.13. The lowest BCUT2D eigenvalue weighted by Gasteiger charge is -2.11. The molecule has 0 spiro atoms. The third-order valence-electron chi connectivity index (χ3n) is 2.14. The lowest BCUT2D eigenvalue weighted by atomic mass is 10.1. The smallest absolute Gasteiger partial charge is 0.194 e. The van der Waals surface area contributed by atoms with Crippen LogP contribution in [-0.4, -0.2) is 32.2 Å². The molecule has 1 aromatic carbocycles. The minimum absolute atomic E-state index is 0.307. The summed E-state index contributed by atoms with van der Waals surface area (Å²) in [5, 5.41) is 0. The summed E-state index contributed by atoms with van der Waals surface area (Å²) < 4.78 is 36.4. The first-order chi connectivity index (χ1) is 8.06. The highest BCUT2D eigenvalue weighted by molar-refractivity contribution is 5.97. The average molecular weight is 244 g/mol. The number of rotatable bonds is 6. The van der Waals surface area contributed by atoms with E-state index in [1.165, 1.54) is 13.2 Å². The van der Waals surface area contributed by atoms with Crippen molar-refractivity contribution in [3.05, 3.63) is 35.4 Å². The molecule has 0 radical (unpaired) electrons. The lowest BCUT2D eigenvalue weighted by Crippen LogP contribution is -2.21. The first-order valence-electron chi connectivity index (χ1n) is 5.14. The van der Waals surface area contributed by atoms with E-state index in [9.17, 15) is 13.6 Å². The van der Waals surface area contributed by atoms with Crippen molar-refractivity contribution in [2.24, 2.45) is 0 Å². The topological polar surface area (TPSA) is 35.5 Å². The van der Waals surface area contributed by atoms with Crippen LogP contribution in [0, 0.1) is 11.6 Å². The minimum atomic E-state index is -0.877. The Morgan fingerprint density at radius 2 is 1.94 bits per heavy atom. The molecule has 0 saturated carbocycles. The second kappa shape index (κ2) is 6.42. The highest BCUT2D eigenvalue weighted by Gasteiger charge is 2.17. The predicted molar refractivity (Wildman–Crippen MR) is 58.0 cm³/mol. The molecular formula is C12H14F2O3. The molecule has 0 aliphatic carbocycles. The predicted octanol–water partition coefficient (Wildman–Crippen LogP) is 2.20. The number of ketones is 1. The van der Waals surface area contributed by atoms with Gasteiger partial charge in [-0.25, -0.2) is 8.78 Å². The average Bonchev–Trinajstić information content (AvgIpc) is 2.26. The molecule has 94 valence electrons. The molecule has 17 heavy (non-hydrogen) atoms. The molecule has 1 unspecified atom stereocenters. The van der Waals surface area contributed by atoms with Gasteiger partial charge in [-0.3, -0.25) is 4.79 Å². The van der Waals surface area contributed by atoms with Crippen LogP contribution in [0.4, 0.5) is 8.78 Å². The molecule has 0 N–H and O–H groups in total. The molecule has 0 aliphatic heterocycles. The summed E-state index contributed by atoms with van der Waals surface area (Å²) >= 11 is 0. The van der Waals surface area contributed by atoms with Gasteiger partial charge in [-0.2, -0.15) is 0 Å². The minimum Gasteiger partial charge on any atom is -0.382 e. The Balaban J connectivity index is 2.64. The van der Waals surface area contributed by atoms with Gasteiger partial charge in [0.15, 0.2) is 5.78 Å². The Labute approximate surface area is 98.3 Å². The Kier molecular flexibility index (Phi) is 5.18. The van der Waals surface area contributed by atoms with Crippen LogP contribution in [0.2, 0.25) is 0 Å². The molecule has 3 nitrogen and oxygen atoms in total. The molecule has 5 heteroatoms. The highest BCUT2D eigenvalue weighted by atomic mass is 19.1.